The summed E-state index contributed by atoms with van der Waals surface area (Å²) in [4.78, 5) is 30.4. The minimum atomic E-state index is -4.57. The number of amides is 2. The van der Waals surface area contributed by atoms with E-state index < -0.39 is 23.7 Å². The Bertz CT molecular complexity index is 1410. The second-order valence-electron chi connectivity index (χ2n) is 7.50. The van der Waals surface area contributed by atoms with E-state index in [4.69, 9.17) is 0 Å². The molecule has 174 valence electrons. The van der Waals surface area contributed by atoms with E-state index in [1.807, 2.05) is 37.3 Å². The summed E-state index contributed by atoms with van der Waals surface area (Å²) in [6.45, 7) is 1.84. The Kier molecular flexibility index (Phi) is 6.65. The van der Waals surface area contributed by atoms with Gasteiger partial charge in [-0.05, 0) is 48.9 Å². The van der Waals surface area contributed by atoms with Gasteiger partial charge in [0.05, 0.1) is 15.8 Å². The van der Waals surface area contributed by atoms with Crippen molar-refractivity contribution in [1.82, 2.24) is 4.57 Å². The maximum Gasteiger partial charge on any atom is 0.416 e. The third kappa shape index (κ3) is 4.94. The lowest BCUT2D eigenvalue weighted by Gasteiger charge is -2.18. The minimum Gasteiger partial charge on any atom is -0.324 e. The number of para-hydroxylation sites is 2. The molecule has 5 nitrogen and oxygen atoms in total. The number of aromatic nitrogens is 1. The molecular weight excluding hydrogens is 463 g/mol. The Morgan fingerprint density at radius 3 is 2.41 bits per heavy atom. The van der Waals surface area contributed by atoms with Gasteiger partial charge in [0.2, 0.25) is 5.91 Å². The molecule has 9 heteroatoms. The lowest BCUT2D eigenvalue weighted by Crippen LogP contribution is -2.31. The van der Waals surface area contributed by atoms with Gasteiger partial charge in [-0.3, -0.25) is 9.59 Å². The second-order valence-corrected chi connectivity index (χ2v) is 8.51. The number of hydrogen-bond acceptors (Lipinski definition) is 3. The van der Waals surface area contributed by atoms with Crippen LogP contribution in [0.2, 0.25) is 0 Å². The molecule has 0 fully saturated rings. The monoisotopic (exact) mass is 483 g/mol. The highest BCUT2D eigenvalue weighted by Crippen LogP contribution is 2.30. The molecule has 3 aromatic carbocycles. The number of carbonyl (C=O) groups is 2. The van der Waals surface area contributed by atoms with Crippen LogP contribution >= 0.6 is 11.3 Å². The normalized spacial score (nSPS) is 13.1. The van der Waals surface area contributed by atoms with Crippen molar-refractivity contribution in [1.29, 1.82) is 0 Å². The number of anilines is 1. The number of rotatable bonds is 5. The van der Waals surface area contributed by atoms with Gasteiger partial charge in [0.15, 0.2) is 4.80 Å². The Morgan fingerprint density at radius 2 is 1.71 bits per heavy atom. The van der Waals surface area contributed by atoms with E-state index >= 15 is 0 Å². The van der Waals surface area contributed by atoms with E-state index in [-0.39, 0.29) is 16.3 Å². The van der Waals surface area contributed by atoms with Gasteiger partial charge in [0.1, 0.15) is 6.04 Å². The van der Waals surface area contributed by atoms with Crippen LogP contribution in [0, 0.1) is 0 Å². The summed E-state index contributed by atoms with van der Waals surface area (Å²) in [7, 11) is 0. The molecule has 0 bridgehead atoms. The summed E-state index contributed by atoms with van der Waals surface area (Å²) >= 11 is 1.20. The van der Waals surface area contributed by atoms with Gasteiger partial charge >= 0.3 is 6.18 Å². The zero-order chi connectivity index (χ0) is 24.3. The van der Waals surface area contributed by atoms with Crippen molar-refractivity contribution in [2.45, 2.75) is 25.6 Å². The molecule has 0 aliphatic heterocycles. The molecular formula is C25H20F3N3O2S. The average Bonchev–Trinajstić information content (AvgIpc) is 3.17. The Labute approximate surface area is 197 Å². The van der Waals surface area contributed by atoms with E-state index in [0.29, 0.717) is 17.6 Å². The molecule has 0 saturated heterocycles. The highest BCUT2D eigenvalue weighted by molar-refractivity contribution is 7.16. The van der Waals surface area contributed by atoms with E-state index in [2.05, 4.69) is 10.3 Å². The van der Waals surface area contributed by atoms with Gasteiger partial charge in [0, 0.05) is 11.3 Å². The van der Waals surface area contributed by atoms with E-state index in [1.165, 1.54) is 23.5 Å². The molecule has 1 N–H and O–H groups in total. The lowest BCUT2D eigenvalue weighted by atomic mass is 10.1. The third-order valence-corrected chi connectivity index (χ3v) is 6.24. The number of benzene rings is 3. The van der Waals surface area contributed by atoms with Crippen molar-refractivity contribution in [3.8, 4) is 0 Å². The van der Waals surface area contributed by atoms with Gasteiger partial charge in [-0.25, -0.2) is 0 Å². The van der Waals surface area contributed by atoms with Crippen molar-refractivity contribution in [3.05, 3.63) is 94.8 Å². The van der Waals surface area contributed by atoms with Gasteiger partial charge < -0.3 is 9.88 Å². The molecule has 34 heavy (non-hydrogen) atoms. The lowest BCUT2D eigenvalue weighted by molar-refractivity contribution is -0.137. The van der Waals surface area contributed by atoms with Crippen LogP contribution in [0.1, 0.15) is 35.3 Å². The molecule has 4 rings (SSSR count). The maximum atomic E-state index is 13.2. The van der Waals surface area contributed by atoms with E-state index in [0.717, 1.165) is 16.8 Å². The molecule has 1 unspecified atom stereocenters. The fourth-order valence-corrected chi connectivity index (χ4v) is 4.65. The van der Waals surface area contributed by atoms with Crippen LogP contribution in [-0.2, 0) is 11.0 Å². The number of nitrogens with zero attached hydrogens (tertiary/aromatic N) is 2. The van der Waals surface area contributed by atoms with Gasteiger partial charge in [-0.2, -0.15) is 18.2 Å². The Morgan fingerprint density at radius 1 is 1.00 bits per heavy atom. The zero-order valence-electron chi connectivity index (χ0n) is 18.0. The average molecular weight is 484 g/mol. The molecule has 1 aromatic heterocycles. The topological polar surface area (TPSA) is 63.5 Å². The summed E-state index contributed by atoms with van der Waals surface area (Å²) in [6, 6.07) is 19.7. The molecule has 0 spiro atoms. The second kappa shape index (κ2) is 9.64. The Hall–Kier alpha value is -3.72. The van der Waals surface area contributed by atoms with Crippen LogP contribution in [0.5, 0.6) is 0 Å². The first-order valence-electron chi connectivity index (χ1n) is 10.5. The van der Waals surface area contributed by atoms with E-state index in [1.54, 1.807) is 28.8 Å². The quantitative estimate of drug-likeness (QED) is 0.376. The molecule has 4 aromatic rings. The number of thiazole rings is 1. The standard InChI is InChI=1S/C25H20F3N3O2S/c1-2-19(23(33)29-18-11-4-3-5-12-18)31-20-13-6-7-14-21(20)34-24(31)30-22(32)16-9-8-10-17(15-16)25(26,27)28/h3-15,19H,2H2,1H3,(H,29,33). The van der Waals surface area contributed by atoms with Crippen molar-refractivity contribution in [2.75, 3.05) is 5.32 Å². The summed E-state index contributed by atoms with van der Waals surface area (Å²) in [5.74, 6) is -1.10. The zero-order valence-corrected chi connectivity index (χ0v) is 18.9. The van der Waals surface area contributed by atoms with Crippen LogP contribution < -0.4 is 10.1 Å². The molecule has 2 amide bonds. The summed E-state index contributed by atoms with van der Waals surface area (Å²) in [5.41, 5.74) is 0.231. The SMILES string of the molecule is CCC(C(=O)Nc1ccccc1)n1c(=NC(=O)c2cccc(C(F)(F)F)c2)sc2ccccc21. The molecule has 0 aliphatic rings. The number of hydrogen-bond donors (Lipinski definition) is 1. The number of nitrogens with one attached hydrogen (secondary N) is 1. The number of halogens is 3. The fourth-order valence-electron chi connectivity index (χ4n) is 3.58. The third-order valence-electron chi connectivity index (χ3n) is 5.21. The minimum absolute atomic E-state index is 0.180. The van der Waals surface area contributed by atoms with Crippen LogP contribution in [-0.4, -0.2) is 16.4 Å². The van der Waals surface area contributed by atoms with Crippen molar-refractivity contribution in [3.63, 3.8) is 0 Å². The van der Waals surface area contributed by atoms with Gasteiger partial charge in [0.25, 0.3) is 5.91 Å². The first kappa shape index (κ1) is 23.4. The van der Waals surface area contributed by atoms with Crippen molar-refractivity contribution >= 4 is 39.1 Å². The molecule has 1 heterocycles. The van der Waals surface area contributed by atoms with E-state index in [9.17, 15) is 22.8 Å². The molecule has 0 radical (unpaired) electrons. The van der Waals surface area contributed by atoms with Crippen molar-refractivity contribution in [2.24, 2.45) is 4.99 Å². The molecule has 0 aliphatic carbocycles. The number of fused-ring (bicyclic) bond motifs is 1. The number of carbonyl (C=O) groups excluding carboxylic acids is 2. The maximum absolute atomic E-state index is 13.2. The smallest absolute Gasteiger partial charge is 0.324 e. The summed E-state index contributed by atoms with van der Waals surface area (Å²) < 4.78 is 41.7. The summed E-state index contributed by atoms with van der Waals surface area (Å²) in [6.07, 6.45) is -4.17. The summed E-state index contributed by atoms with van der Waals surface area (Å²) in [5, 5.41) is 2.88. The Balaban J connectivity index is 1.79. The molecule has 1 atom stereocenters. The number of alkyl halides is 3. The van der Waals surface area contributed by atoms with Gasteiger partial charge in [-0.15, -0.1) is 0 Å². The van der Waals surface area contributed by atoms with Crippen LogP contribution in [0.4, 0.5) is 18.9 Å². The van der Waals surface area contributed by atoms with Gasteiger partial charge in [-0.1, -0.05) is 54.7 Å². The van der Waals surface area contributed by atoms with Crippen LogP contribution in [0.25, 0.3) is 10.2 Å². The van der Waals surface area contributed by atoms with Crippen molar-refractivity contribution < 1.29 is 22.8 Å². The predicted octanol–water partition coefficient (Wildman–Crippen LogP) is 6.05. The fraction of sp³-hybridized carbons (Fsp3) is 0.160. The highest BCUT2D eigenvalue weighted by atomic mass is 32.1. The predicted molar refractivity (Wildman–Crippen MR) is 126 cm³/mol. The highest BCUT2D eigenvalue weighted by Gasteiger charge is 2.31. The first-order valence-corrected chi connectivity index (χ1v) is 11.3. The first-order chi connectivity index (χ1) is 16.3. The van der Waals surface area contributed by atoms with Crippen LogP contribution in [0.3, 0.4) is 0 Å². The van der Waals surface area contributed by atoms with Crippen LogP contribution in [0.15, 0.2) is 83.9 Å². The molecule has 0 saturated carbocycles. The largest absolute Gasteiger partial charge is 0.416 e.